The molecular weight excluding hydrogens is 404 g/mol. The predicted octanol–water partition coefficient (Wildman–Crippen LogP) is 3.13. The van der Waals surface area contributed by atoms with E-state index < -0.39 is 16.1 Å². The van der Waals surface area contributed by atoms with Gasteiger partial charge in [0.25, 0.3) is 0 Å². The van der Waals surface area contributed by atoms with Crippen LogP contribution in [0.4, 0.5) is 5.69 Å². The van der Waals surface area contributed by atoms with Gasteiger partial charge in [-0.1, -0.05) is 31.2 Å². The van der Waals surface area contributed by atoms with Crippen LogP contribution >= 0.6 is 0 Å². The topological polar surface area (TPSA) is 84.9 Å². The molecule has 1 N–H and O–H groups in total. The molecule has 0 aliphatic rings. The number of carbonyl (C=O) groups is 1. The second kappa shape index (κ2) is 10.3. The first kappa shape index (κ1) is 23.5. The molecule has 8 heteroatoms. The number of methoxy groups -OCH3 is 1. The van der Waals surface area contributed by atoms with Crippen LogP contribution in [-0.2, 0) is 14.8 Å². The van der Waals surface area contributed by atoms with Crippen molar-refractivity contribution in [1.29, 1.82) is 0 Å². The van der Waals surface area contributed by atoms with Gasteiger partial charge in [-0.05, 0) is 44.0 Å². The summed E-state index contributed by atoms with van der Waals surface area (Å²) in [7, 11) is -2.21. The van der Waals surface area contributed by atoms with Crippen molar-refractivity contribution in [1.82, 2.24) is 5.32 Å². The van der Waals surface area contributed by atoms with Crippen LogP contribution in [0.5, 0.6) is 11.5 Å². The van der Waals surface area contributed by atoms with Gasteiger partial charge in [0.05, 0.1) is 25.1 Å². The first-order valence-electron chi connectivity index (χ1n) is 9.79. The van der Waals surface area contributed by atoms with Crippen LogP contribution in [0.15, 0.2) is 48.5 Å². The molecular formula is C22H30N2O5S. The molecule has 30 heavy (non-hydrogen) atoms. The number of para-hydroxylation sites is 1. The lowest BCUT2D eigenvalue weighted by atomic mass is 10.1. The molecule has 0 saturated carbocycles. The van der Waals surface area contributed by atoms with E-state index in [4.69, 9.17) is 9.47 Å². The number of nitrogens with one attached hydrogen (secondary N) is 1. The van der Waals surface area contributed by atoms with Gasteiger partial charge in [0.1, 0.15) is 24.1 Å². The number of hydrogen-bond acceptors (Lipinski definition) is 5. The fraction of sp³-hybridized carbons (Fsp3) is 0.409. The highest BCUT2D eigenvalue weighted by atomic mass is 32.2. The third kappa shape index (κ3) is 6.13. The van der Waals surface area contributed by atoms with Crippen molar-refractivity contribution in [3.05, 3.63) is 54.1 Å². The fourth-order valence-corrected chi connectivity index (χ4v) is 4.33. The van der Waals surface area contributed by atoms with E-state index in [0.29, 0.717) is 17.9 Å². The minimum absolute atomic E-state index is 0.269. The van der Waals surface area contributed by atoms with Crippen molar-refractivity contribution in [2.45, 2.75) is 39.3 Å². The zero-order valence-corrected chi connectivity index (χ0v) is 18.9. The molecule has 0 aromatic heterocycles. The lowest BCUT2D eigenvalue weighted by Crippen LogP contribution is -2.52. The summed E-state index contributed by atoms with van der Waals surface area (Å²) >= 11 is 0. The summed E-state index contributed by atoms with van der Waals surface area (Å²) in [5.41, 5.74) is 1.38. The van der Waals surface area contributed by atoms with E-state index in [2.05, 4.69) is 5.32 Å². The molecule has 2 aromatic rings. The van der Waals surface area contributed by atoms with E-state index in [1.807, 2.05) is 38.1 Å². The van der Waals surface area contributed by atoms with Crippen molar-refractivity contribution >= 4 is 21.6 Å². The molecule has 7 nitrogen and oxygen atoms in total. The van der Waals surface area contributed by atoms with E-state index in [9.17, 15) is 13.2 Å². The molecule has 1 amide bonds. The lowest BCUT2D eigenvalue weighted by Gasteiger charge is -2.31. The molecule has 0 saturated heterocycles. The van der Waals surface area contributed by atoms with E-state index in [1.165, 1.54) is 7.11 Å². The smallest absolute Gasteiger partial charge is 0.244 e. The molecule has 0 fully saturated rings. The van der Waals surface area contributed by atoms with E-state index in [-0.39, 0.29) is 18.6 Å². The predicted molar refractivity (Wildman–Crippen MR) is 119 cm³/mol. The Balaban J connectivity index is 2.16. The van der Waals surface area contributed by atoms with Gasteiger partial charge < -0.3 is 14.8 Å². The Bertz CT molecular complexity index is 962. The van der Waals surface area contributed by atoms with Gasteiger partial charge >= 0.3 is 0 Å². The number of amides is 1. The van der Waals surface area contributed by atoms with E-state index in [0.717, 1.165) is 21.9 Å². The van der Waals surface area contributed by atoms with Crippen LogP contribution < -0.4 is 19.1 Å². The molecule has 0 spiro atoms. The van der Waals surface area contributed by atoms with Crippen molar-refractivity contribution in [3.63, 3.8) is 0 Å². The number of ether oxygens (including phenoxy) is 2. The van der Waals surface area contributed by atoms with E-state index in [1.54, 1.807) is 31.2 Å². The number of sulfonamides is 1. The van der Waals surface area contributed by atoms with Crippen LogP contribution in [0.1, 0.15) is 25.8 Å². The van der Waals surface area contributed by atoms with Crippen LogP contribution in [-0.4, -0.2) is 46.4 Å². The maximum atomic E-state index is 13.0. The maximum absolute atomic E-state index is 13.0. The number of nitrogens with zero attached hydrogens (tertiary/aromatic N) is 1. The van der Waals surface area contributed by atoms with Crippen LogP contribution in [0.3, 0.4) is 0 Å². The number of hydrogen-bond donors (Lipinski definition) is 1. The number of rotatable bonds is 10. The SMILES string of the molecule is CCC(C(=O)NC(C)COc1ccccc1C)N(c1cccc(OC)c1)S(C)(=O)=O. The summed E-state index contributed by atoms with van der Waals surface area (Å²) < 4.78 is 37.2. The Morgan fingerprint density at radius 3 is 2.47 bits per heavy atom. The summed E-state index contributed by atoms with van der Waals surface area (Å²) in [5.74, 6) is 0.878. The monoisotopic (exact) mass is 434 g/mol. The van der Waals surface area contributed by atoms with Gasteiger partial charge in [0.15, 0.2) is 0 Å². The Morgan fingerprint density at radius 2 is 1.87 bits per heavy atom. The van der Waals surface area contributed by atoms with E-state index >= 15 is 0 Å². The highest BCUT2D eigenvalue weighted by molar-refractivity contribution is 7.92. The standard InChI is InChI=1S/C22H30N2O5S/c1-6-20(24(30(5,26)27)18-11-9-12-19(14-18)28-4)22(25)23-17(3)15-29-21-13-8-7-10-16(21)2/h7-14,17,20H,6,15H2,1-5H3,(H,23,25). The minimum Gasteiger partial charge on any atom is -0.497 e. The summed E-state index contributed by atoms with van der Waals surface area (Å²) in [6.45, 7) is 5.81. The molecule has 0 aliphatic heterocycles. The van der Waals surface area contributed by atoms with Crippen molar-refractivity contribution in [2.75, 3.05) is 24.3 Å². The summed E-state index contributed by atoms with van der Waals surface area (Å²) in [4.78, 5) is 13.0. The highest BCUT2D eigenvalue weighted by Gasteiger charge is 2.32. The maximum Gasteiger partial charge on any atom is 0.244 e. The van der Waals surface area contributed by atoms with Crippen molar-refractivity contribution in [3.8, 4) is 11.5 Å². The van der Waals surface area contributed by atoms with Gasteiger partial charge in [-0.15, -0.1) is 0 Å². The van der Waals surface area contributed by atoms with Crippen LogP contribution in [0.25, 0.3) is 0 Å². The first-order chi connectivity index (χ1) is 14.2. The van der Waals surface area contributed by atoms with Gasteiger partial charge in [-0.25, -0.2) is 8.42 Å². The zero-order chi connectivity index (χ0) is 22.3. The third-order valence-electron chi connectivity index (χ3n) is 4.61. The normalized spacial score (nSPS) is 13.2. The Kier molecular flexibility index (Phi) is 8.11. The number of anilines is 1. The third-order valence-corrected chi connectivity index (χ3v) is 5.79. The number of aryl methyl sites for hydroxylation is 1. The second-order valence-corrected chi connectivity index (χ2v) is 9.03. The molecule has 0 heterocycles. The van der Waals surface area contributed by atoms with Crippen LogP contribution in [0, 0.1) is 6.92 Å². The fourth-order valence-electron chi connectivity index (χ4n) is 3.12. The Hall–Kier alpha value is -2.74. The van der Waals surface area contributed by atoms with Gasteiger partial charge in [0.2, 0.25) is 15.9 Å². The summed E-state index contributed by atoms with van der Waals surface area (Å²) in [6, 6.07) is 13.1. The van der Waals surface area contributed by atoms with Crippen LogP contribution in [0.2, 0.25) is 0 Å². The molecule has 2 aromatic carbocycles. The Morgan fingerprint density at radius 1 is 1.17 bits per heavy atom. The number of carbonyl (C=O) groups excluding carboxylic acids is 1. The summed E-state index contributed by atoms with van der Waals surface area (Å²) in [6.07, 6.45) is 1.40. The molecule has 0 bridgehead atoms. The second-order valence-electron chi connectivity index (χ2n) is 7.17. The highest BCUT2D eigenvalue weighted by Crippen LogP contribution is 2.26. The zero-order valence-electron chi connectivity index (χ0n) is 18.1. The molecule has 164 valence electrons. The quantitative estimate of drug-likeness (QED) is 0.621. The van der Waals surface area contributed by atoms with Gasteiger partial charge in [0, 0.05) is 6.07 Å². The van der Waals surface area contributed by atoms with Gasteiger partial charge in [-0.3, -0.25) is 9.10 Å². The lowest BCUT2D eigenvalue weighted by molar-refractivity contribution is -0.123. The summed E-state index contributed by atoms with van der Waals surface area (Å²) in [5, 5.41) is 2.87. The average Bonchev–Trinajstić information content (AvgIpc) is 2.70. The molecule has 0 radical (unpaired) electrons. The largest absolute Gasteiger partial charge is 0.497 e. The first-order valence-corrected chi connectivity index (χ1v) is 11.6. The Labute approximate surface area is 179 Å². The van der Waals surface area contributed by atoms with Crippen molar-refractivity contribution < 1.29 is 22.7 Å². The molecule has 2 rings (SSSR count). The molecule has 2 atom stereocenters. The minimum atomic E-state index is -3.71. The van der Waals surface area contributed by atoms with Crippen molar-refractivity contribution in [2.24, 2.45) is 0 Å². The molecule has 2 unspecified atom stereocenters. The molecule has 0 aliphatic carbocycles. The average molecular weight is 435 g/mol. The van der Waals surface area contributed by atoms with Gasteiger partial charge in [-0.2, -0.15) is 0 Å². The number of benzene rings is 2.